The van der Waals surface area contributed by atoms with Crippen LogP contribution in [0.25, 0.3) is 10.9 Å². The number of halogens is 1. The summed E-state index contributed by atoms with van der Waals surface area (Å²) in [7, 11) is 1.77. The van der Waals surface area contributed by atoms with Crippen LogP contribution < -0.4 is 10.1 Å². The highest BCUT2D eigenvalue weighted by Gasteiger charge is 2.42. The number of rotatable bonds is 11. The Morgan fingerprint density at radius 3 is 2.50 bits per heavy atom. The van der Waals surface area contributed by atoms with Crippen molar-refractivity contribution in [2.75, 3.05) is 13.6 Å². The molecule has 3 aromatic rings. The van der Waals surface area contributed by atoms with Crippen molar-refractivity contribution in [1.82, 2.24) is 14.8 Å². The predicted molar refractivity (Wildman–Crippen MR) is 161 cm³/mol. The third-order valence-corrected chi connectivity index (χ3v) is 9.21. The second kappa shape index (κ2) is 13.2. The van der Waals surface area contributed by atoms with Gasteiger partial charge in [-0.25, -0.2) is 4.39 Å². The maximum absolute atomic E-state index is 14.5. The van der Waals surface area contributed by atoms with Crippen molar-refractivity contribution in [2.24, 2.45) is 11.8 Å². The van der Waals surface area contributed by atoms with Gasteiger partial charge >= 0.3 is 0 Å². The average Bonchev–Trinajstić information content (AvgIpc) is 3.56. The quantitative estimate of drug-likeness (QED) is 0.293. The number of fused-ring (bicyclic) bond motifs is 1. The number of likely N-dealkylation sites (N-methyl/N-ethyl adjacent to an activating group) is 1. The van der Waals surface area contributed by atoms with Gasteiger partial charge in [0, 0.05) is 48.0 Å². The first kappa shape index (κ1) is 30.0. The number of nitrogens with zero attached hydrogens (tertiary/aromatic N) is 2. The number of nitrogens with one attached hydrogen (secondary N) is 1. The molecule has 4 atom stereocenters. The van der Waals surface area contributed by atoms with Crippen LogP contribution in [0, 0.1) is 17.7 Å². The van der Waals surface area contributed by atoms with E-state index in [-0.39, 0.29) is 53.9 Å². The van der Waals surface area contributed by atoms with Crippen molar-refractivity contribution < 1.29 is 23.5 Å². The van der Waals surface area contributed by atoms with Gasteiger partial charge in [-0.05, 0) is 70.0 Å². The summed E-state index contributed by atoms with van der Waals surface area (Å²) in [5.74, 6) is 0.0774. The molecule has 8 heteroatoms. The minimum Gasteiger partial charge on any atom is -0.489 e. The maximum atomic E-state index is 14.5. The molecule has 42 heavy (non-hydrogen) atoms. The summed E-state index contributed by atoms with van der Waals surface area (Å²) in [6, 6.07) is 13.6. The zero-order valence-electron chi connectivity index (χ0n) is 24.9. The zero-order chi connectivity index (χ0) is 29.8. The SMILES string of the molecule is CNC(C)C(=O)CC(C(=O)N1CC(Oc2ccccc2)CC1Cn1cc(C(C)=O)c2cc(F)ccc21)C1CCCCC1. The fraction of sp³-hybridized carbons (Fsp3) is 0.500. The smallest absolute Gasteiger partial charge is 0.226 e. The van der Waals surface area contributed by atoms with Gasteiger partial charge in [0.15, 0.2) is 5.78 Å². The van der Waals surface area contributed by atoms with E-state index in [1.807, 2.05) is 46.7 Å². The first-order valence-electron chi connectivity index (χ1n) is 15.3. The van der Waals surface area contributed by atoms with Crippen LogP contribution in [-0.4, -0.2) is 58.7 Å². The molecule has 2 aromatic carbocycles. The Hall–Kier alpha value is -3.52. The molecular formula is C34H42FN3O4. The normalized spacial score (nSPS) is 20.9. The molecule has 4 unspecified atom stereocenters. The van der Waals surface area contributed by atoms with Crippen LogP contribution in [0.15, 0.2) is 54.7 Å². The van der Waals surface area contributed by atoms with E-state index < -0.39 is 5.82 Å². The highest BCUT2D eigenvalue weighted by atomic mass is 19.1. The molecule has 1 amide bonds. The lowest BCUT2D eigenvalue weighted by Gasteiger charge is -2.35. The molecule has 1 saturated carbocycles. The minimum absolute atomic E-state index is 0.0111. The standard InChI is InChI=1S/C34H42FN3O4/c1-22(36-3)33(40)18-29(24-10-6-4-7-11-24)34(41)38-20-28(42-27-12-8-5-9-13-27)17-26(38)19-37-21-31(23(2)39)30-16-25(35)14-15-32(30)37/h5,8-9,12-16,21-22,24,26,28-29,36H,4,6-7,10-11,17-20H2,1-3H3. The van der Waals surface area contributed by atoms with Crippen LogP contribution in [-0.2, 0) is 16.1 Å². The first-order chi connectivity index (χ1) is 20.2. The monoisotopic (exact) mass is 575 g/mol. The lowest BCUT2D eigenvalue weighted by Crippen LogP contribution is -2.46. The molecule has 2 aliphatic rings. The maximum Gasteiger partial charge on any atom is 0.226 e. The second-order valence-corrected chi connectivity index (χ2v) is 12.0. The van der Waals surface area contributed by atoms with E-state index in [4.69, 9.17) is 4.74 Å². The van der Waals surface area contributed by atoms with E-state index >= 15 is 0 Å². The van der Waals surface area contributed by atoms with Crippen LogP contribution in [0.5, 0.6) is 5.75 Å². The molecule has 1 saturated heterocycles. The number of carbonyl (C=O) groups is 3. The summed E-state index contributed by atoms with van der Waals surface area (Å²) in [5.41, 5.74) is 1.22. The minimum atomic E-state index is -0.396. The number of Topliss-reactive ketones (excluding diaryl/α,β-unsaturated/α-hetero) is 2. The van der Waals surface area contributed by atoms with Crippen molar-refractivity contribution in [3.8, 4) is 5.75 Å². The van der Waals surface area contributed by atoms with Gasteiger partial charge in [-0.15, -0.1) is 0 Å². The number of hydrogen-bond donors (Lipinski definition) is 1. The molecule has 1 N–H and O–H groups in total. The summed E-state index contributed by atoms with van der Waals surface area (Å²) < 4.78 is 22.5. The second-order valence-electron chi connectivity index (χ2n) is 12.0. The van der Waals surface area contributed by atoms with E-state index in [9.17, 15) is 18.8 Å². The van der Waals surface area contributed by atoms with Crippen molar-refractivity contribution in [2.45, 2.75) is 83.5 Å². The molecule has 0 bridgehead atoms. The Morgan fingerprint density at radius 2 is 1.81 bits per heavy atom. The van der Waals surface area contributed by atoms with Gasteiger partial charge in [-0.1, -0.05) is 37.5 Å². The van der Waals surface area contributed by atoms with E-state index in [0.29, 0.717) is 30.5 Å². The fourth-order valence-electron chi connectivity index (χ4n) is 6.78. The topological polar surface area (TPSA) is 80.6 Å². The Kier molecular flexibility index (Phi) is 9.41. The third-order valence-electron chi connectivity index (χ3n) is 9.21. The summed E-state index contributed by atoms with van der Waals surface area (Å²) in [6.45, 7) is 4.19. The average molecular weight is 576 g/mol. The van der Waals surface area contributed by atoms with Crippen LogP contribution in [0.4, 0.5) is 4.39 Å². The summed E-state index contributed by atoms with van der Waals surface area (Å²) in [4.78, 5) is 42.0. The van der Waals surface area contributed by atoms with Crippen LogP contribution in [0.1, 0.15) is 69.2 Å². The Balaban J connectivity index is 1.47. The molecule has 0 spiro atoms. The van der Waals surface area contributed by atoms with Gasteiger partial charge in [0.25, 0.3) is 0 Å². The molecular weight excluding hydrogens is 533 g/mol. The Bertz CT molecular complexity index is 1410. The third kappa shape index (κ3) is 6.59. The van der Waals surface area contributed by atoms with E-state index in [0.717, 1.165) is 43.4 Å². The number of amides is 1. The molecule has 5 rings (SSSR count). The van der Waals surface area contributed by atoms with Crippen LogP contribution >= 0.6 is 0 Å². The molecule has 2 heterocycles. The molecule has 2 fully saturated rings. The van der Waals surface area contributed by atoms with E-state index in [1.54, 1.807) is 19.3 Å². The van der Waals surface area contributed by atoms with Crippen molar-refractivity contribution >= 4 is 28.4 Å². The first-order valence-corrected chi connectivity index (χ1v) is 15.3. The molecule has 7 nitrogen and oxygen atoms in total. The lowest BCUT2D eigenvalue weighted by atomic mass is 9.76. The van der Waals surface area contributed by atoms with Gasteiger partial charge in [0.05, 0.1) is 18.6 Å². The van der Waals surface area contributed by atoms with Crippen molar-refractivity contribution in [3.63, 3.8) is 0 Å². The summed E-state index contributed by atoms with van der Waals surface area (Å²) >= 11 is 0. The number of ketones is 2. The number of likely N-dealkylation sites (tertiary alicyclic amines) is 1. The Labute approximate surface area is 247 Å². The van der Waals surface area contributed by atoms with Crippen molar-refractivity contribution in [1.29, 1.82) is 0 Å². The van der Waals surface area contributed by atoms with Crippen molar-refractivity contribution in [3.05, 3.63) is 66.1 Å². The highest BCUT2D eigenvalue weighted by Crippen LogP contribution is 2.36. The van der Waals surface area contributed by atoms with E-state index in [2.05, 4.69) is 5.32 Å². The Morgan fingerprint density at radius 1 is 1.07 bits per heavy atom. The lowest BCUT2D eigenvalue weighted by molar-refractivity contribution is -0.142. The highest BCUT2D eigenvalue weighted by molar-refractivity contribution is 6.07. The number of aromatic nitrogens is 1. The number of carbonyl (C=O) groups excluding carboxylic acids is 3. The number of hydrogen-bond acceptors (Lipinski definition) is 5. The predicted octanol–water partition coefficient (Wildman–Crippen LogP) is 5.80. The molecule has 1 aromatic heterocycles. The van der Waals surface area contributed by atoms with Crippen LogP contribution in [0.2, 0.25) is 0 Å². The van der Waals surface area contributed by atoms with E-state index in [1.165, 1.54) is 19.1 Å². The number of ether oxygens (including phenoxy) is 1. The molecule has 0 radical (unpaired) electrons. The van der Waals surface area contributed by atoms with Gasteiger partial charge in [-0.2, -0.15) is 0 Å². The largest absolute Gasteiger partial charge is 0.489 e. The van der Waals surface area contributed by atoms with Gasteiger partial charge in [-0.3, -0.25) is 14.4 Å². The summed E-state index contributed by atoms with van der Waals surface area (Å²) in [5, 5.41) is 3.61. The molecule has 224 valence electrons. The van der Waals surface area contributed by atoms with Gasteiger partial charge < -0.3 is 19.5 Å². The summed E-state index contributed by atoms with van der Waals surface area (Å²) in [6.07, 6.45) is 7.61. The molecule has 1 aliphatic carbocycles. The fourth-order valence-corrected chi connectivity index (χ4v) is 6.78. The zero-order valence-corrected chi connectivity index (χ0v) is 24.9. The van der Waals surface area contributed by atoms with Gasteiger partial charge in [0.1, 0.15) is 23.5 Å². The number of benzene rings is 2. The van der Waals surface area contributed by atoms with Gasteiger partial charge in [0.2, 0.25) is 5.91 Å². The number of para-hydroxylation sites is 1. The van der Waals surface area contributed by atoms with Crippen LogP contribution in [0.3, 0.4) is 0 Å². The molecule has 1 aliphatic heterocycles.